The second kappa shape index (κ2) is 3.96. The van der Waals surface area contributed by atoms with E-state index in [0.29, 0.717) is 0 Å². The number of imidazole rings is 1. The van der Waals surface area contributed by atoms with Crippen LogP contribution in [-0.2, 0) is 4.79 Å². The lowest BCUT2D eigenvalue weighted by Gasteiger charge is -2.06. The summed E-state index contributed by atoms with van der Waals surface area (Å²) >= 11 is 0. The number of fused-ring (bicyclic) bond motifs is 1. The van der Waals surface area contributed by atoms with Crippen LogP contribution in [0.3, 0.4) is 0 Å². The van der Waals surface area contributed by atoms with Gasteiger partial charge >= 0.3 is 5.97 Å². The molecule has 2 heterocycles. The molecule has 0 aliphatic heterocycles. The largest absolute Gasteiger partial charge is 0.481 e. The summed E-state index contributed by atoms with van der Waals surface area (Å²) in [6.45, 7) is 3.90. The van der Waals surface area contributed by atoms with Crippen molar-refractivity contribution in [3.8, 4) is 0 Å². The minimum Gasteiger partial charge on any atom is -0.481 e. The SMILES string of the molecule is Cc1ccn2cnc(C(C)CC(=O)O)c2c1. The fourth-order valence-electron chi connectivity index (χ4n) is 1.85. The number of rotatable bonds is 3. The summed E-state index contributed by atoms with van der Waals surface area (Å²) in [4.78, 5) is 15.0. The lowest BCUT2D eigenvalue weighted by Crippen LogP contribution is -2.03. The summed E-state index contributed by atoms with van der Waals surface area (Å²) in [7, 11) is 0. The Bertz CT molecular complexity index is 531. The molecule has 84 valence electrons. The predicted octanol–water partition coefficient (Wildman–Crippen LogP) is 2.22. The van der Waals surface area contributed by atoms with Crippen molar-refractivity contribution >= 4 is 11.5 Å². The number of hydrogen-bond acceptors (Lipinski definition) is 2. The van der Waals surface area contributed by atoms with Crippen LogP contribution in [-0.4, -0.2) is 20.5 Å². The summed E-state index contributed by atoms with van der Waals surface area (Å²) in [5.41, 5.74) is 3.00. The molecule has 0 aliphatic rings. The van der Waals surface area contributed by atoms with Crippen molar-refractivity contribution in [2.45, 2.75) is 26.2 Å². The van der Waals surface area contributed by atoms with Gasteiger partial charge < -0.3 is 9.51 Å². The van der Waals surface area contributed by atoms with Gasteiger partial charge in [0.05, 0.1) is 24.0 Å². The molecule has 0 saturated carbocycles. The standard InChI is InChI=1S/C12H14N2O2/c1-8-3-4-14-7-13-12(10(14)5-8)9(2)6-11(15)16/h3-5,7,9H,6H2,1-2H3,(H,15,16). The zero-order chi connectivity index (χ0) is 11.7. The maximum absolute atomic E-state index is 10.7. The highest BCUT2D eigenvalue weighted by atomic mass is 16.4. The number of hydrogen-bond donors (Lipinski definition) is 1. The quantitative estimate of drug-likeness (QED) is 0.859. The highest BCUT2D eigenvalue weighted by molar-refractivity contribution is 5.69. The van der Waals surface area contributed by atoms with Gasteiger partial charge in [0.2, 0.25) is 0 Å². The van der Waals surface area contributed by atoms with Gasteiger partial charge in [0, 0.05) is 12.1 Å². The van der Waals surface area contributed by atoms with Crippen molar-refractivity contribution < 1.29 is 9.90 Å². The summed E-state index contributed by atoms with van der Waals surface area (Å²) in [5, 5.41) is 8.77. The van der Waals surface area contributed by atoms with E-state index in [4.69, 9.17) is 5.11 Å². The van der Waals surface area contributed by atoms with E-state index >= 15 is 0 Å². The molecule has 0 spiro atoms. The molecular weight excluding hydrogens is 204 g/mol. The molecule has 16 heavy (non-hydrogen) atoms. The Morgan fingerprint density at radius 3 is 3.06 bits per heavy atom. The highest BCUT2D eigenvalue weighted by Crippen LogP contribution is 2.22. The van der Waals surface area contributed by atoms with Gasteiger partial charge in [-0.2, -0.15) is 0 Å². The molecule has 2 aromatic heterocycles. The van der Waals surface area contributed by atoms with Gasteiger partial charge in [-0.15, -0.1) is 0 Å². The fourth-order valence-corrected chi connectivity index (χ4v) is 1.85. The van der Waals surface area contributed by atoms with Crippen LogP contribution in [0.4, 0.5) is 0 Å². The number of nitrogens with zero attached hydrogens (tertiary/aromatic N) is 2. The van der Waals surface area contributed by atoms with Crippen molar-refractivity contribution in [3.05, 3.63) is 35.9 Å². The van der Waals surface area contributed by atoms with E-state index in [-0.39, 0.29) is 12.3 Å². The second-order valence-electron chi connectivity index (χ2n) is 4.13. The van der Waals surface area contributed by atoms with Crippen molar-refractivity contribution in [1.29, 1.82) is 0 Å². The lowest BCUT2D eigenvalue weighted by atomic mass is 10.0. The van der Waals surface area contributed by atoms with E-state index in [1.165, 1.54) is 0 Å². The van der Waals surface area contributed by atoms with Crippen LogP contribution in [0.15, 0.2) is 24.7 Å². The molecule has 0 saturated heterocycles. The number of aliphatic carboxylic acids is 1. The maximum atomic E-state index is 10.7. The van der Waals surface area contributed by atoms with E-state index in [0.717, 1.165) is 16.8 Å². The zero-order valence-electron chi connectivity index (χ0n) is 9.34. The summed E-state index contributed by atoms with van der Waals surface area (Å²) < 4.78 is 1.92. The van der Waals surface area contributed by atoms with Gasteiger partial charge in [0.1, 0.15) is 0 Å². The first-order chi connectivity index (χ1) is 7.58. The van der Waals surface area contributed by atoms with Crippen LogP contribution in [0.25, 0.3) is 5.52 Å². The Hall–Kier alpha value is -1.84. The molecule has 0 bridgehead atoms. The number of carboxylic acid groups (broad SMARTS) is 1. The molecule has 0 fully saturated rings. The van der Waals surface area contributed by atoms with Crippen molar-refractivity contribution in [2.75, 3.05) is 0 Å². The monoisotopic (exact) mass is 218 g/mol. The zero-order valence-corrected chi connectivity index (χ0v) is 9.34. The van der Waals surface area contributed by atoms with Crippen LogP contribution in [0.1, 0.15) is 30.5 Å². The lowest BCUT2D eigenvalue weighted by molar-refractivity contribution is -0.137. The van der Waals surface area contributed by atoms with Gasteiger partial charge in [0.15, 0.2) is 0 Å². The Labute approximate surface area is 93.5 Å². The number of carbonyl (C=O) groups is 1. The summed E-state index contributed by atoms with van der Waals surface area (Å²) in [6.07, 6.45) is 3.78. The van der Waals surface area contributed by atoms with E-state index in [9.17, 15) is 4.79 Å². The molecule has 0 amide bonds. The molecular formula is C12H14N2O2. The van der Waals surface area contributed by atoms with Crippen LogP contribution >= 0.6 is 0 Å². The van der Waals surface area contributed by atoms with E-state index in [2.05, 4.69) is 4.98 Å². The minimum absolute atomic E-state index is 0.0655. The molecule has 1 atom stereocenters. The van der Waals surface area contributed by atoms with Gasteiger partial charge in [-0.25, -0.2) is 4.98 Å². The molecule has 0 aliphatic carbocycles. The Morgan fingerprint density at radius 2 is 2.38 bits per heavy atom. The molecule has 1 unspecified atom stereocenters. The maximum Gasteiger partial charge on any atom is 0.304 e. The van der Waals surface area contributed by atoms with Gasteiger partial charge in [0.25, 0.3) is 0 Å². The van der Waals surface area contributed by atoms with Gasteiger partial charge in [-0.3, -0.25) is 4.79 Å². The Kier molecular flexibility index (Phi) is 2.64. The van der Waals surface area contributed by atoms with Crippen LogP contribution in [0.2, 0.25) is 0 Å². The molecule has 1 N–H and O–H groups in total. The molecule has 0 radical (unpaired) electrons. The van der Waals surface area contributed by atoms with Crippen molar-refractivity contribution in [3.63, 3.8) is 0 Å². The first-order valence-corrected chi connectivity index (χ1v) is 5.23. The first-order valence-electron chi connectivity index (χ1n) is 5.23. The second-order valence-corrected chi connectivity index (χ2v) is 4.13. The number of pyridine rings is 1. The van der Waals surface area contributed by atoms with E-state index < -0.39 is 5.97 Å². The van der Waals surface area contributed by atoms with E-state index in [1.807, 2.05) is 36.6 Å². The average Bonchev–Trinajstić information content (AvgIpc) is 2.59. The topological polar surface area (TPSA) is 54.6 Å². The Morgan fingerprint density at radius 1 is 1.62 bits per heavy atom. The summed E-state index contributed by atoms with van der Waals surface area (Å²) in [5.74, 6) is -0.856. The van der Waals surface area contributed by atoms with Crippen LogP contribution in [0.5, 0.6) is 0 Å². The van der Waals surface area contributed by atoms with Crippen molar-refractivity contribution in [2.24, 2.45) is 0 Å². The molecule has 0 aromatic carbocycles. The average molecular weight is 218 g/mol. The van der Waals surface area contributed by atoms with E-state index in [1.54, 1.807) is 6.33 Å². The number of carboxylic acids is 1. The predicted molar refractivity (Wildman–Crippen MR) is 60.6 cm³/mol. The summed E-state index contributed by atoms with van der Waals surface area (Å²) in [6, 6.07) is 4.03. The van der Waals surface area contributed by atoms with Crippen LogP contribution < -0.4 is 0 Å². The van der Waals surface area contributed by atoms with Crippen LogP contribution in [0, 0.1) is 6.92 Å². The van der Waals surface area contributed by atoms with Gasteiger partial charge in [-0.1, -0.05) is 6.92 Å². The van der Waals surface area contributed by atoms with Gasteiger partial charge in [-0.05, 0) is 24.6 Å². The number of aryl methyl sites for hydroxylation is 1. The first kappa shape index (κ1) is 10.7. The molecule has 4 heteroatoms. The molecule has 4 nitrogen and oxygen atoms in total. The third-order valence-electron chi connectivity index (χ3n) is 2.67. The molecule has 2 aromatic rings. The third-order valence-corrected chi connectivity index (χ3v) is 2.67. The third kappa shape index (κ3) is 1.91. The smallest absolute Gasteiger partial charge is 0.304 e. The normalized spacial score (nSPS) is 12.9. The molecule has 2 rings (SSSR count). The fraction of sp³-hybridized carbons (Fsp3) is 0.333. The van der Waals surface area contributed by atoms with Crippen molar-refractivity contribution in [1.82, 2.24) is 9.38 Å². The minimum atomic E-state index is -0.790. The Balaban J connectivity index is 2.44. The number of aromatic nitrogens is 2. The highest BCUT2D eigenvalue weighted by Gasteiger charge is 2.15.